The molecule has 5 heteroatoms. The molecule has 1 N–H and O–H groups in total. The van der Waals surface area contributed by atoms with Crippen molar-refractivity contribution in [1.29, 1.82) is 0 Å². The zero-order valence-electron chi connectivity index (χ0n) is 11.3. The van der Waals surface area contributed by atoms with E-state index in [1.165, 1.54) is 0 Å². The van der Waals surface area contributed by atoms with Crippen LogP contribution in [0.1, 0.15) is 39.4 Å². The van der Waals surface area contributed by atoms with E-state index >= 15 is 0 Å². The van der Waals surface area contributed by atoms with Crippen LogP contribution in [0.4, 0.5) is 0 Å². The lowest BCUT2D eigenvalue weighted by Crippen LogP contribution is -2.38. The number of hydrogen-bond acceptors (Lipinski definition) is 4. The number of ketones is 1. The fourth-order valence-corrected chi connectivity index (χ4v) is 1.62. The lowest BCUT2D eigenvalue weighted by atomic mass is 9.98. The molecule has 0 fully saturated rings. The molecule has 0 amide bonds. The third-order valence-electron chi connectivity index (χ3n) is 2.76. The third kappa shape index (κ3) is 3.63. The lowest BCUT2D eigenvalue weighted by molar-refractivity contribution is -0.123. The third-order valence-corrected chi connectivity index (χ3v) is 2.76. The van der Waals surface area contributed by atoms with E-state index in [0.29, 0.717) is 12.5 Å². The van der Waals surface area contributed by atoms with Gasteiger partial charge in [0, 0.05) is 24.6 Å². The van der Waals surface area contributed by atoms with Crippen LogP contribution in [0.5, 0.6) is 0 Å². The van der Waals surface area contributed by atoms with Crippen molar-refractivity contribution >= 4 is 5.78 Å². The zero-order valence-corrected chi connectivity index (χ0v) is 11.3. The summed E-state index contributed by atoms with van der Waals surface area (Å²) >= 11 is 0. The predicted molar refractivity (Wildman–Crippen MR) is 66.8 cm³/mol. The normalized spacial score (nSPS) is 13.4. The van der Waals surface area contributed by atoms with Crippen molar-refractivity contribution in [3.8, 4) is 0 Å². The van der Waals surface area contributed by atoms with E-state index in [0.717, 1.165) is 5.69 Å². The minimum absolute atomic E-state index is 0.0348. The summed E-state index contributed by atoms with van der Waals surface area (Å²) in [7, 11) is 1.80. The van der Waals surface area contributed by atoms with Gasteiger partial charge in [0.2, 0.25) is 0 Å². The van der Waals surface area contributed by atoms with E-state index in [-0.39, 0.29) is 17.7 Å². The summed E-state index contributed by atoms with van der Waals surface area (Å²) in [5.41, 5.74) is 0.854. The molecule has 1 rings (SSSR count). The molecule has 0 aliphatic rings. The highest BCUT2D eigenvalue weighted by atomic mass is 16.1. The Morgan fingerprint density at radius 1 is 1.41 bits per heavy atom. The maximum Gasteiger partial charge on any atom is 0.152 e. The van der Waals surface area contributed by atoms with Crippen LogP contribution in [-0.4, -0.2) is 33.9 Å². The van der Waals surface area contributed by atoms with Gasteiger partial charge in [-0.2, -0.15) is 0 Å². The van der Waals surface area contributed by atoms with Gasteiger partial charge in [0.1, 0.15) is 0 Å². The molecule has 0 saturated heterocycles. The second-order valence-electron chi connectivity index (χ2n) is 4.89. The summed E-state index contributed by atoms with van der Waals surface area (Å²) in [5.74, 6) is 0.249. The van der Waals surface area contributed by atoms with Crippen molar-refractivity contribution in [2.24, 2.45) is 5.92 Å². The quantitative estimate of drug-likeness (QED) is 0.809. The van der Waals surface area contributed by atoms with Gasteiger partial charge in [-0.3, -0.25) is 4.79 Å². The maximum absolute atomic E-state index is 11.9. The molecule has 0 bridgehead atoms. The number of hydrogen-bond donors (Lipinski definition) is 1. The van der Waals surface area contributed by atoms with E-state index in [9.17, 15) is 4.79 Å². The van der Waals surface area contributed by atoms with Crippen molar-refractivity contribution < 1.29 is 4.79 Å². The van der Waals surface area contributed by atoms with Gasteiger partial charge in [-0.25, -0.2) is 4.68 Å². The molecule has 0 saturated carbocycles. The molecule has 1 atom stereocenters. The topological polar surface area (TPSA) is 59.8 Å². The van der Waals surface area contributed by atoms with E-state index in [4.69, 9.17) is 0 Å². The van der Waals surface area contributed by atoms with Crippen molar-refractivity contribution in [1.82, 2.24) is 20.3 Å². The van der Waals surface area contributed by atoms with Gasteiger partial charge in [0.25, 0.3) is 0 Å². The van der Waals surface area contributed by atoms with Crippen LogP contribution < -0.4 is 5.32 Å². The van der Waals surface area contributed by atoms with E-state index < -0.39 is 0 Å². The highest BCUT2D eigenvalue weighted by Gasteiger charge is 2.21. The summed E-state index contributed by atoms with van der Waals surface area (Å²) in [5, 5.41) is 11.2. The molecule has 0 spiro atoms. The van der Waals surface area contributed by atoms with Gasteiger partial charge in [-0.15, -0.1) is 5.10 Å². The average molecular weight is 238 g/mol. The Hall–Kier alpha value is -1.23. The van der Waals surface area contributed by atoms with Crippen molar-refractivity contribution in [2.45, 2.75) is 46.2 Å². The summed E-state index contributed by atoms with van der Waals surface area (Å²) in [6, 6.07) is 0.123. The van der Waals surface area contributed by atoms with Gasteiger partial charge < -0.3 is 5.32 Å². The molecule has 96 valence electrons. The average Bonchev–Trinajstić information content (AvgIpc) is 2.73. The number of carbonyl (C=O) groups excluding carboxylic acids is 1. The van der Waals surface area contributed by atoms with Gasteiger partial charge in [-0.05, 0) is 20.9 Å². The summed E-state index contributed by atoms with van der Waals surface area (Å²) < 4.78 is 1.81. The molecule has 1 heterocycles. The minimum Gasteiger partial charge on any atom is -0.310 e. The summed E-state index contributed by atoms with van der Waals surface area (Å²) in [6.07, 6.45) is 2.50. The maximum atomic E-state index is 11.9. The number of aromatic nitrogens is 3. The van der Waals surface area contributed by atoms with Crippen molar-refractivity contribution in [3.05, 3.63) is 11.9 Å². The van der Waals surface area contributed by atoms with Gasteiger partial charge in [-0.1, -0.05) is 19.1 Å². The first kappa shape index (κ1) is 13.8. The molecule has 0 aliphatic carbocycles. The zero-order chi connectivity index (χ0) is 13.0. The molecule has 1 aromatic heterocycles. The van der Waals surface area contributed by atoms with Crippen LogP contribution in [0.3, 0.4) is 0 Å². The molecule has 17 heavy (non-hydrogen) atoms. The highest BCUT2D eigenvalue weighted by molar-refractivity contribution is 5.85. The fraction of sp³-hybridized carbons (Fsp3) is 0.750. The Balaban J connectivity index is 2.70. The number of nitrogens with one attached hydrogen (secondary N) is 1. The number of rotatable bonds is 6. The molecule has 0 radical (unpaired) electrons. The van der Waals surface area contributed by atoms with Crippen LogP contribution in [0.25, 0.3) is 0 Å². The first-order valence-corrected chi connectivity index (χ1v) is 6.07. The van der Waals surface area contributed by atoms with Gasteiger partial charge in [0.15, 0.2) is 5.78 Å². The van der Waals surface area contributed by atoms with Crippen LogP contribution in [0, 0.1) is 5.92 Å². The minimum atomic E-state index is -0.174. The largest absolute Gasteiger partial charge is 0.310 e. The van der Waals surface area contributed by atoms with Crippen LogP contribution in [0.15, 0.2) is 6.20 Å². The Labute approximate surface area is 103 Å². The van der Waals surface area contributed by atoms with E-state index in [2.05, 4.69) is 15.6 Å². The SMILES string of the molecule is CNC(Cc1cn(C(C)C)nn1)C(=O)C(C)C. The second-order valence-corrected chi connectivity index (χ2v) is 4.89. The number of Topliss-reactive ketones (excluding diaryl/α,β-unsaturated/α-hetero) is 1. The van der Waals surface area contributed by atoms with Crippen molar-refractivity contribution in [3.63, 3.8) is 0 Å². The van der Waals surface area contributed by atoms with Crippen molar-refractivity contribution in [2.75, 3.05) is 7.05 Å². The smallest absolute Gasteiger partial charge is 0.152 e. The predicted octanol–water partition coefficient (Wildman–Crippen LogP) is 1.21. The van der Waals surface area contributed by atoms with E-state index in [1.807, 2.05) is 38.6 Å². The van der Waals surface area contributed by atoms with E-state index in [1.54, 1.807) is 7.05 Å². The van der Waals surface area contributed by atoms with Crippen LogP contribution in [0.2, 0.25) is 0 Å². The molecular formula is C12H22N4O. The lowest BCUT2D eigenvalue weighted by Gasteiger charge is -2.15. The molecule has 5 nitrogen and oxygen atoms in total. The summed E-state index contributed by atoms with van der Waals surface area (Å²) in [6.45, 7) is 7.93. The van der Waals surface area contributed by atoms with Gasteiger partial charge >= 0.3 is 0 Å². The molecule has 1 aromatic rings. The molecule has 1 unspecified atom stereocenters. The monoisotopic (exact) mass is 238 g/mol. The fourth-order valence-electron chi connectivity index (χ4n) is 1.62. The Kier molecular flexibility index (Phi) is 4.81. The second kappa shape index (κ2) is 5.91. The highest BCUT2D eigenvalue weighted by Crippen LogP contribution is 2.08. The number of carbonyl (C=O) groups is 1. The molecular weight excluding hydrogens is 216 g/mol. The Bertz CT molecular complexity index is 370. The Morgan fingerprint density at radius 3 is 2.47 bits per heavy atom. The number of nitrogens with zero attached hydrogens (tertiary/aromatic N) is 3. The molecule has 0 aliphatic heterocycles. The summed E-state index contributed by atoms with van der Waals surface area (Å²) in [4.78, 5) is 11.9. The number of likely N-dealkylation sites (N-methyl/N-ethyl adjacent to an activating group) is 1. The first-order valence-electron chi connectivity index (χ1n) is 6.07. The Morgan fingerprint density at radius 2 is 2.06 bits per heavy atom. The first-order chi connectivity index (χ1) is 7.95. The van der Waals surface area contributed by atoms with Crippen LogP contribution in [-0.2, 0) is 11.2 Å². The standard InChI is InChI=1S/C12H22N4O/c1-8(2)12(17)11(13-5)6-10-7-16(9(3)4)15-14-10/h7-9,11,13H,6H2,1-5H3. The van der Waals surface area contributed by atoms with Crippen LogP contribution >= 0.6 is 0 Å². The van der Waals surface area contributed by atoms with Gasteiger partial charge in [0.05, 0.1) is 11.7 Å². The molecule has 0 aromatic carbocycles.